The topological polar surface area (TPSA) is 185 Å². The first-order chi connectivity index (χ1) is 15.4. The summed E-state index contributed by atoms with van der Waals surface area (Å²) in [4.78, 5) is 63.0. The zero-order valence-corrected chi connectivity index (χ0v) is 20.0. The number of aliphatic carboxylic acids is 1. The van der Waals surface area contributed by atoms with Crippen molar-refractivity contribution in [1.82, 2.24) is 15.5 Å². The van der Waals surface area contributed by atoms with Crippen molar-refractivity contribution in [3.8, 4) is 0 Å². The van der Waals surface area contributed by atoms with Gasteiger partial charge in [-0.2, -0.15) is 0 Å². The number of carbonyl (C=O) groups excluding carboxylic acids is 4. The minimum absolute atomic E-state index is 0.0526. The number of carbonyl (C=O) groups is 5. The van der Waals surface area contributed by atoms with E-state index < -0.39 is 53.8 Å². The van der Waals surface area contributed by atoms with E-state index in [1.807, 2.05) is 20.8 Å². The molecule has 1 aliphatic heterocycles. The van der Waals surface area contributed by atoms with E-state index in [0.717, 1.165) is 0 Å². The first-order valence-electron chi connectivity index (χ1n) is 11.6. The smallest absolute Gasteiger partial charge is 0.326 e. The van der Waals surface area contributed by atoms with E-state index in [1.54, 1.807) is 6.92 Å². The number of amides is 4. The number of primary amides is 1. The number of likely N-dealkylation sites (tertiary alicyclic amines) is 1. The Bertz CT molecular complexity index is 730. The average molecular weight is 470 g/mol. The first-order valence-corrected chi connectivity index (χ1v) is 11.6. The van der Waals surface area contributed by atoms with Gasteiger partial charge < -0.3 is 32.1 Å². The summed E-state index contributed by atoms with van der Waals surface area (Å²) in [7, 11) is 0. The summed E-state index contributed by atoms with van der Waals surface area (Å²) < 4.78 is 0. The molecule has 7 N–H and O–H groups in total. The Kier molecular flexibility index (Phi) is 11.3. The van der Waals surface area contributed by atoms with Crippen LogP contribution in [0.3, 0.4) is 0 Å². The Labute approximate surface area is 195 Å². The van der Waals surface area contributed by atoms with Crippen LogP contribution in [0.1, 0.15) is 66.2 Å². The Hall–Kier alpha value is -2.69. The van der Waals surface area contributed by atoms with Gasteiger partial charge in [-0.15, -0.1) is 0 Å². The minimum atomic E-state index is -1.12. The lowest BCUT2D eigenvalue weighted by molar-refractivity contribution is -0.150. The zero-order valence-electron chi connectivity index (χ0n) is 20.0. The van der Waals surface area contributed by atoms with Crippen molar-refractivity contribution in [3.63, 3.8) is 0 Å². The molecule has 0 aromatic carbocycles. The fraction of sp³-hybridized carbons (Fsp3) is 0.773. The molecule has 1 rings (SSSR count). The van der Waals surface area contributed by atoms with Crippen LogP contribution in [0.5, 0.6) is 0 Å². The van der Waals surface area contributed by atoms with Crippen molar-refractivity contribution in [2.75, 3.05) is 6.54 Å². The summed E-state index contributed by atoms with van der Waals surface area (Å²) >= 11 is 0. The second-order valence-electron chi connectivity index (χ2n) is 8.88. The van der Waals surface area contributed by atoms with Gasteiger partial charge in [0.1, 0.15) is 18.1 Å². The SMILES string of the molecule is CCC(C)C(N)C(=O)NC(CCC(N)=O)C(=O)NC(C(=O)N1CCCC1C(=O)O)C(C)CC. The predicted molar refractivity (Wildman–Crippen MR) is 122 cm³/mol. The maximum atomic E-state index is 13.2. The molecule has 11 nitrogen and oxygen atoms in total. The third-order valence-corrected chi connectivity index (χ3v) is 6.47. The van der Waals surface area contributed by atoms with E-state index in [2.05, 4.69) is 10.6 Å². The van der Waals surface area contributed by atoms with Crippen molar-refractivity contribution in [3.05, 3.63) is 0 Å². The predicted octanol–water partition coefficient (Wildman–Crippen LogP) is -0.283. The number of nitrogens with two attached hydrogens (primary N) is 2. The van der Waals surface area contributed by atoms with Crippen LogP contribution in [0.2, 0.25) is 0 Å². The van der Waals surface area contributed by atoms with Gasteiger partial charge >= 0.3 is 5.97 Å². The van der Waals surface area contributed by atoms with E-state index >= 15 is 0 Å². The largest absolute Gasteiger partial charge is 0.480 e. The van der Waals surface area contributed by atoms with Crippen LogP contribution >= 0.6 is 0 Å². The van der Waals surface area contributed by atoms with Gasteiger partial charge in [-0.25, -0.2) is 4.79 Å². The van der Waals surface area contributed by atoms with E-state index in [4.69, 9.17) is 11.5 Å². The molecule has 0 saturated carbocycles. The third kappa shape index (κ3) is 7.99. The molecule has 1 saturated heterocycles. The van der Waals surface area contributed by atoms with Crippen LogP contribution in [-0.4, -0.2) is 70.3 Å². The number of carboxylic acid groups (broad SMARTS) is 1. The molecule has 11 heteroatoms. The third-order valence-electron chi connectivity index (χ3n) is 6.47. The molecule has 0 aromatic rings. The number of carboxylic acids is 1. The Morgan fingerprint density at radius 2 is 1.64 bits per heavy atom. The highest BCUT2D eigenvalue weighted by Gasteiger charge is 2.40. The molecule has 6 atom stereocenters. The highest BCUT2D eigenvalue weighted by molar-refractivity contribution is 5.94. The normalized spacial score (nSPS) is 20.3. The van der Waals surface area contributed by atoms with Gasteiger partial charge in [0.15, 0.2) is 0 Å². The van der Waals surface area contributed by atoms with Crippen molar-refractivity contribution in [1.29, 1.82) is 0 Å². The van der Waals surface area contributed by atoms with E-state index in [-0.39, 0.29) is 24.7 Å². The maximum absolute atomic E-state index is 13.2. The number of hydrogen-bond acceptors (Lipinski definition) is 6. The summed E-state index contributed by atoms with van der Waals surface area (Å²) in [6.45, 7) is 7.64. The molecule has 0 radical (unpaired) electrons. The lowest BCUT2D eigenvalue weighted by Crippen LogP contribution is -2.59. The molecule has 0 spiro atoms. The van der Waals surface area contributed by atoms with Crippen LogP contribution in [0.4, 0.5) is 0 Å². The molecule has 1 aliphatic rings. The summed E-state index contributed by atoms with van der Waals surface area (Å²) in [6, 6.07) is -3.86. The fourth-order valence-corrected chi connectivity index (χ4v) is 3.74. The van der Waals surface area contributed by atoms with Gasteiger partial charge in [-0.3, -0.25) is 19.2 Å². The quantitative estimate of drug-likeness (QED) is 0.245. The van der Waals surface area contributed by atoms with Gasteiger partial charge in [0.25, 0.3) is 0 Å². The number of nitrogens with one attached hydrogen (secondary N) is 2. The number of nitrogens with zero attached hydrogens (tertiary/aromatic N) is 1. The minimum Gasteiger partial charge on any atom is -0.480 e. The molecule has 1 fully saturated rings. The first kappa shape index (κ1) is 28.3. The molecule has 188 valence electrons. The highest BCUT2D eigenvalue weighted by Crippen LogP contribution is 2.21. The fourth-order valence-electron chi connectivity index (χ4n) is 3.74. The van der Waals surface area contributed by atoms with Gasteiger partial charge in [0, 0.05) is 13.0 Å². The van der Waals surface area contributed by atoms with Crippen molar-refractivity contribution >= 4 is 29.6 Å². The Balaban J connectivity index is 3.06. The molecular weight excluding hydrogens is 430 g/mol. The molecular formula is C22H39N5O6. The van der Waals surface area contributed by atoms with Crippen LogP contribution in [0.15, 0.2) is 0 Å². The highest BCUT2D eigenvalue weighted by atomic mass is 16.4. The number of hydrogen-bond donors (Lipinski definition) is 5. The average Bonchev–Trinajstić information content (AvgIpc) is 3.28. The van der Waals surface area contributed by atoms with Crippen LogP contribution in [-0.2, 0) is 24.0 Å². The zero-order chi connectivity index (χ0) is 25.3. The molecule has 33 heavy (non-hydrogen) atoms. The van der Waals surface area contributed by atoms with E-state index in [9.17, 15) is 29.1 Å². The Morgan fingerprint density at radius 3 is 2.15 bits per heavy atom. The van der Waals surface area contributed by atoms with Crippen molar-refractivity contribution in [2.24, 2.45) is 23.3 Å². The molecule has 4 amide bonds. The molecule has 6 unspecified atom stereocenters. The van der Waals surface area contributed by atoms with E-state index in [0.29, 0.717) is 32.2 Å². The second-order valence-corrected chi connectivity index (χ2v) is 8.88. The van der Waals surface area contributed by atoms with Gasteiger partial charge in [0.2, 0.25) is 23.6 Å². The van der Waals surface area contributed by atoms with E-state index in [1.165, 1.54) is 4.90 Å². The van der Waals surface area contributed by atoms with Crippen LogP contribution in [0, 0.1) is 11.8 Å². The monoisotopic (exact) mass is 469 g/mol. The van der Waals surface area contributed by atoms with Gasteiger partial charge in [-0.1, -0.05) is 40.5 Å². The molecule has 0 aliphatic carbocycles. The van der Waals surface area contributed by atoms with Crippen molar-refractivity contribution < 1.29 is 29.1 Å². The van der Waals surface area contributed by atoms with Crippen molar-refractivity contribution in [2.45, 2.75) is 90.4 Å². The second kappa shape index (κ2) is 13.1. The van der Waals surface area contributed by atoms with Crippen LogP contribution < -0.4 is 22.1 Å². The summed E-state index contributed by atoms with van der Waals surface area (Å²) in [5.74, 6) is -3.78. The summed E-state index contributed by atoms with van der Waals surface area (Å²) in [6.07, 6.45) is 1.94. The Morgan fingerprint density at radius 1 is 1.03 bits per heavy atom. The standard InChI is InChI=1S/C22H39N5O6/c1-5-12(3)17(24)20(30)25-14(9-10-16(23)28)19(29)26-18(13(4)6-2)21(31)27-11-7-8-15(27)22(32)33/h12-15,17-18H,5-11,24H2,1-4H3,(H2,23,28)(H,25,30)(H,26,29)(H,32,33). The molecule has 0 bridgehead atoms. The summed E-state index contributed by atoms with van der Waals surface area (Å²) in [5, 5.41) is 14.7. The van der Waals surface area contributed by atoms with Gasteiger partial charge in [0.05, 0.1) is 6.04 Å². The van der Waals surface area contributed by atoms with Gasteiger partial charge in [-0.05, 0) is 31.1 Å². The number of rotatable bonds is 13. The lowest BCUT2D eigenvalue weighted by atomic mass is 9.96. The molecule has 1 heterocycles. The van der Waals surface area contributed by atoms with Crippen LogP contribution in [0.25, 0.3) is 0 Å². The maximum Gasteiger partial charge on any atom is 0.326 e. The summed E-state index contributed by atoms with van der Waals surface area (Å²) in [5.41, 5.74) is 11.2. The molecule has 0 aromatic heterocycles. The lowest BCUT2D eigenvalue weighted by Gasteiger charge is -2.31.